The van der Waals surface area contributed by atoms with Crippen LogP contribution in [0.5, 0.6) is 0 Å². The Morgan fingerprint density at radius 1 is 0.209 bits per heavy atom. The van der Waals surface area contributed by atoms with E-state index in [1.807, 2.05) is 0 Å². The molecule has 0 bridgehead atoms. The Morgan fingerprint density at radius 2 is 0.642 bits per heavy atom. The third-order valence-corrected chi connectivity index (χ3v) is 14.8. The van der Waals surface area contributed by atoms with Crippen molar-refractivity contribution >= 4 is 108 Å². The van der Waals surface area contributed by atoms with Gasteiger partial charge < -0.3 is 4.42 Å². The molecule has 0 unspecified atom stereocenters. The zero-order valence-electron chi connectivity index (χ0n) is 36.3. The first-order chi connectivity index (χ1) is 33.2. The van der Waals surface area contributed by atoms with Crippen molar-refractivity contribution in [3.8, 4) is 44.5 Å². The van der Waals surface area contributed by atoms with Gasteiger partial charge in [0, 0.05) is 16.2 Å². The molecule has 15 rings (SSSR count). The molecule has 1 heteroatoms. The molecular weight excluding hydrogens is 809 g/mol. The summed E-state index contributed by atoms with van der Waals surface area (Å²) >= 11 is 0. The van der Waals surface area contributed by atoms with Crippen molar-refractivity contribution in [1.29, 1.82) is 0 Å². The van der Waals surface area contributed by atoms with Gasteiger partial charge in [0.1, 0.15) is 11.2 Å². The van der Waals surface area contributed by atoms with Gasteiger partial charge >= 0.3 is 0 Å². The molecule has 1 heterocycles. The van der Waals surface area contributed by atoms with E-state index in [1.54, 1.807) is 0 Å². The van der Waals surface area contributed by atoms with Crippen LogP contribution in [0.3, 0.4) is 0 Å². The maximum absolute atomic E-state index is 6.87. The zero-order valence-corrected chi connectivity index (χ0v) is 36.3. The normalized spacial score (nSPS) is 12.2. The van der Waals surface area contributed by atoms with E-state index in [-0.39, 0.29) is 0 Å². The standard InChI is InChI=1S/C66H38O/c1-2-12-39(13-3-1)40-22-24-41(25-23-40)45-31-26-42-28-33-56-57(34-29-43-27-32-54(45)62(42)63(43)56)64-52-20-10-8-18-50(52)61(51-19-9-11-21-53(51)64)44-30-35-58-60(38-44)67-59-37-36-55-48-16-5-4-14-46(48)47-15-6-7-17-49(47)65(55)66(58)59/h1-38H. The molecule has 0 N–H and O–H groups in total. The molecule has 0 atom stereocenters. The second-order valence-corrected chi connectivity index (χ2v) is 18.2. The predicted molar refractivity (Wildman–Crippen MR) is 287 cm³/mol. The number of hydrogen-bond donors (Lipinski definition) is 0. The van der Waals surface area contributed by atoms with E-state index in [0.717, 1.165) is 22.1 Å². The van der Waals surface area contributed by atoms with Gasteiger partial charge in [0.05, 0.1) is 0 Å². The first-order valence-electron chi connectivity index (χ1n) is 23.2. The maximum Gasteiger partial charge on any atom is 0.136 e. The Labute approximate surface area is 385 Å². The van der Waals surface area contributed by atoms with Gasteiger partial charge in [0.2, 0.25) is 0 Å². The Bertz CT molecular complexity index is 4440. The molecule has 0 saturated carbocycles. The van der Waals surface area contributed by atoms with Gasteiger partial charge in [-0.15, -0.1) is 0 Å². The fourth-order valence-electron chi connectivity index (χ4n) is 11.9. The van der Waals surface area contributed by atoms with E-state index in [2.05, 4.69) is 231 Å². The van der Waals surface area contributed by atoms with E-state index in [4.69, 9.17) is 4.42 Å². The van der Waals surface area contributed by atoms with Crippen molar-refractivity contribution in [3.05, 3.63) is 231 Å². The molecular formula is C66H38O. The van der Waals surface area contributed by atoms with Crippen LogP contribution in [0.15, 0.2) is 235 Å². The smallest absolute Gasteiger partial charge is 0.136 e. The van der Waals surface area contributed by atoms with Crippen LogP contribution in [0, 0.1) is 0 Å². The molecule has 1 nitrogen and oxygen atoms in total. The van der Waals surface area contributed by atoms with Gasteiger partial charge in [-0.05, 0) is 150 Å². The molecule has 67 heavy (non-hydrogen) atoms. The largest absolute Gasteiger partial charge is 0.456 e. The van der Waals surface area contributed by atoms with E-state index >= 15 is 0 Å². The summed E-state index contributed by atoms with van der Waals surface area (Å²) < 4.78 is 6.87. The fraction of sp³-hybridized carbons (Fsp3) is 0. The minimum atomic E-state index is 0.896. The number of fused-ring (bicyclic) bond motifs is 12. The maximum atomic E-state index is 6.87. The van der Waals surface area contributed by atoms with Crippen LogP contribution in [0.4, 0.5) is 0 Å². The van der Waals surface area contributed by atoms with Crippen LogP contribution >= 0.6 is 0 Å². The van der Waals surface area contributed by atoms with Crippen molar-refractivity contribution in [2.24, 2.45) is 0 Å². The molecule has 0 amide bonds. The molecule has 308 valence electrons. The third-order valence-electron chi connectivity index (χ3n) is 14.8. The SMILES string of the molecule is c1ccc(-c2ccc(-c3ccc4ccc5c(-c6c7ccccc7c(-c7ccc8c(c7)oc7ccc9c%10ccccc%10c%10ccccc%10c9c78)c7ccccc67)ccc6ccc3c4c65)cc2)cc1. The highest BCUT2D eigenvalue weighted by atomic mass is 16.3. The first-order valence-corrected chi connectivity index (χ1v) is 23.2. The second-order valence-electron chi connectivity index (χ2n) is 18.2. The zero-order chi connectivity index (χ0) is 43.7. The Morgan fingerprint density at radius 3 is 1.28 bits per heavy atom. The van der Waals surface area contributed by atoms with Gasteiger partial charge in [0.25, 0.3) is 0 Å². The van der Waals surface area contributed by atoms with Crippen molar-refractivity contribution in [2.45, 2.75) is 0 Å². The molecule has 15 aromatic rings. The Balaban J connectivity index is 0.938. The van der Waals surface area contributed by atoms with Crippen LogP contribution in [0.2, 0.25) is 0 Å². The summed E-state index contributed by atoms with van der Waals surface area (Å²) in [6.07, 6.45) is 0. The minimum absolute atomic E-state index is 0.896. The number of hydrogen-bond acceptors (Lipinski definition) is 1. The monoisotopic (exact) mass is 846 g/mol. The third kappa shape index (κ3) is 5.20. The molecule has 0 fully saturated rings. The second kappa shape index (κ2) is 13.9. The van der Waals surface area contributed by atoms with Crippen LogP contribution in [0.1, 0.15) is 0 Å². The number of benzene rings is 14. The average Bonchev–Trinajstić information content (AvgIpc) is 3.78. The lowest BCUT2D eigenvalue weighted by molar-refractivity contribution is 0.669. The summed E-state index contributed by atoms with van der Waals surface area (Å²) in [6, 6.07) is 85.2. The van der Waals surface area contributed by atoms with Crippen LogP contribution in [0.25, 0.3) is 153 Å². The predicted octanol–water partition coefficient (Wildman–Crippen LogP) is 18.9. The van der Waals surface area contributed by atoms with Crippen molar-refractivity contribution in [3.63, 3.8) is 0 Å². The van der Waals surface area contributed by atoms with Gasteiger partial charge in [-0.25, -0.2) is 0 Å². The van der Waals surface area contributed by atoms with E-state index in [9.17, 15) is 0 Å². The molecule has 0 radical (unpaired) electrons. The topological polar surface area (TPSA) is 13.1 Å². The summed E-state index contributed by atoms with van der Waals surface area (Å²) in [7, 11) is 0. The van der Waals surface area contributed by atoms with Gasteiger partial charge in [-0.3, -0.25) is 0 Å². The van der Waals surface area contributed by atoms with Gasteiger partial charge in [0.15, 0.2) is 0 Å². The summed E-state index contributed by atoms with van der Waals surface area (Å²) in [6.45, 7) is 0. The molecule has 14 aromatic carbocycles. The van der Waals surface area contributed by atoms with Gasteiger partial charge in [-0.1, -0.05) is 206 Å². The van der Waals surface area contributed by atoms with Crippen molar-refractivity contribution < 1.29 is 4.42 Å². The summed E-state index contributed by atoms with van der Waals surface area (Å²) in [5, 5.41) is 22.5. The molecule has 0 aliphatic heterocycles. The molecule has 0 saturated heterocycles. The highest BCUT2D eigenvalue weighted by Gasteiger charge is 2.22. The highest BCUT2D eigenvalue weighted by molar-refractivity contribution is 6.35. The lowest BCUT2D eigenvalue weighted by Crippen LogP contribution is -1.93. The van der Waals surface area contributed by atoms with E-state index in [1.165, 1.54) is 131 Å². The summed E-state index contributed by atoms with van der Waals surface area (Å²) in [4.78, 5) is 0. The molecule has 0 spiro atoms. The quantitative estimate of drug-likeness (QED) is 0.127. The number of furan rings is 1. The van der Waals surface area contributed by atoms with E-state index in [0.29, 0.717) is 0 Å². The molecule has 0 aliphatic carbocycles. The van der Waals surface area contributed by atoms with Gasteiger partial charge in [-0.2, -0.15) is 0 Å². The van der Waals surface area contributed by atoms with E-state index < -0.39 is 0 Å². The molecule has 1 aromatic heterocycles. The van der Waals surface area contributed by atoms with Crippen molar-refractivity contribution in [1.82, 2.24) is 0 Å². The van der Waals surface area contributed by atoms with Crippen LogP contribution in [-0.2, 0) is 0 Å². The minimum Gasteiger partial charge on any atom is -0.456 e. The van der Waals surface area contributed by atoms with Crippen molar-refractivity contribution in [2.75, 3.05) is 0 Å². The lowest BCUT2D eigenvalue weighted by Gasteiger charge is -2.20. The summed E-state index contributed by atoms with van der Waals surface area (Å²) in [5.74, 6) is 0. The Hall–Kier alpha value is -8.78. The number of rotatable bonds is 4. The van der Waals surface area contributed by atoms with Crippen LogP contribution < -0.4 is 0 Å². The lowest BCUT2D eigenvalue weighted by atomic mass is 9.82. The fourth-order valence-corrected chi connectivity index (χ4v) is 11.9. The first kappa shape index (κ1) is 36.5. The highest BCUT2D eigenvalue weighted by Crippen LogP contribution is 2.49. The average molecular weight is 847 g/mol. The Kier molecular flexibility index (Phi) is 7.56. The molecule has 0 aliphatic rings. The van der Waals surface area contributed by atoms with Crippen LogP contribution in [-0.4, -0.2) is 0 Å². The summed E-state index contributed by atoms with van der Waals surface area (Å²) in [5.41, 5.74) is 11.6.